The minimum Gasteiger partial charge on any atom is -0.494 e. The molecule has 0 aliphatic carbocycles. The fourth-order valence-electron chi connectivity index (χ4n) is 1.68. The first-order valence-corrected chi connectivity index (χ1v) is 8.75. The van der Waals surface area contributed by atoms with Gasteiger partial charge in [-0.25, -0.2) is 8.42 Å². The smallest absolute Gasteiger partial charge is 0.148 e. The second-order valence-electron chi connectivity index (χ2n) is 4.98. The van der Waals surface area contributed by atoms with E-state index in [1.54, 1.807) is 0 Å². The first kappa shape index (κ1) is 16.9. The van der Waals surface area contributed by atoms with E-state index in [0.29, 0.717) is 19.7 Å². The van der Waals surface area contributed by atoms with Crippen LogP contribution in [-0.2, 0) is 16.4 Å². The highest BCUT2D eigenvalue weighted by atomic mass is 32.2. The normalized spacial score (nSPS) is 11.8. The molecule has 0 amide bonds. The van der Waals surface area contributed by atoms with Crippen LogP contribution < -0.4 is 10.5 Å². The van der Waals surface area contributed by atoms with Crippen LogP contribution >= 0.6 is 0 Å². The lowest BCUT2D eigenvalue weighted by molar-refractivity contribution is 0.268. The van der Waals surface area contributed by atoms with Crippen molar-refractivity contribution in [2.24, 2.45) is 5.73 Å². The number of benzene rings is 1. The Kier molecular flexibility index (Phi) is 6.98. The topological polar surface area (TPSA) is 72.6 Å². The molecule has 0 fully saturated rings. The molecule has 0 aliphatic heterocycles. The lowest BCUT2D eigenvalue weighted by Gasteiger charge is -2.16. The van der Waals surface area contributed by atoms with E-state index in [9.17, 15) is 8.42 Å². The largest absolute Gasteiger partial charge is 0.494 e. The van der Waals surface area contributed by atoms with Gasteiger partial charge in [-0.1, -0.05) is 12.1 Å². The molecule has 0 bridgehead atoms. The highest BCUT2D eigenvalue weighted by Gasteiger charge is 2.05. The molecule has 0 heterocycles. The second-order valence-corrected chi connectivity index (χ2v) is 7.24. The molecule has 1 aromatic rings. The van der Waals surface area contributed by atoms with Crippen LogP contribution in [0.15, 0.2) is 24.3 Å². The third-order valence-corrected chi connectivity index (χ3v) is 3.88. The van der Waals surface area contributed by atoms with E-state index >= 15 is 0 Å². The Labute approximate surface area is 121 Å². The molecule has 0 atom stereocenters. The van der Waals surface area contributed by atoms with Crippen molar-refractivity contribution >= 4 is 9.84 Å². The van der Waals surface area contributed by atoms with Crippen LogP contribution in [0.4, 0.5) is 0 Å². The van der Waals surface area contributed by atoms with Crippen LogP contribution in [0.5, 0.6) is 5.75 Å². The van der Waals surface area contributed by atoms with Crippen molar-refractivity contribution in [1.82, 2.24) is 4.90 Å². The quantitative estimate of drug-likeness (QED) is 0.686. The molecule has 1 rings (SSSR count). The number of ether oxygens (including phenoxy) is 1. The van der Waals surface area contributed by atoms with Crippen LogP contribution in [0, 0.1) is 0 Å². The van der Waals surface area contributed by atoms with Gasteiger partial charge in [0.25, 0.3) is 0 Å². The average molecular weight is 300 g/mol. The summed E-state index contributed by atoms with van der Waals surface area (Å²) >= 11 is 0. The van der Waals surface area contributed by atoms with Gasteiger partial charge in [0.15, 0.2) is 0 Å². The Morgan fingerprint density at radius 1 is 1.20 bits per heavy atom. The number of hydrogen-bond acceptors (Lipinski definition) is 5. The molecule has 0 saturated heterocycles. The van der Waals surface area contributed by atoms with Crippen LogP contribution in [0.3, 0.4) is 0 Å². The number of nitrogens with two attached hydrogens (primary N) is 1. The molecule has 0 saturated carbocycles. The van der Waals surface area contributed by atoms with E-state index in [4.69, 9.17) is 10.5 Å². The monoisotopic (exact) mass is 300 g/mol. The lowest BCUT2D eigenvalue weighted by Crippen LogP contribution is -2.27. The third kappa shape index (κ3) is 7.47. The molecule has 2 N–H and O–H groups in total. The summed E-state index contributed by atoms with van der Waals surface area (Å²) in [5.74, 6) is 1.03. The molecule has 0 unspecified atom stereocenters. The zero-order valence-electron chi connectivity index (χ0n) is 12.2. The maximum Gasteiger partial charge on any atom is 0.148 e. The second kappa shape index (κ2) is 8.24. The van der Waals surface area contributed by atoms with E-state index in [1.165, 1.54) is 6.26 Å². The highest BCUT2D eigenvalue weighted by Crippen LogP contribution is 2.11. The van der Waals surface area contributed by atoms with Gasteiger partial charge in [-0.2, -0.15) is 0 Å². The molecular weight excluding hydrogens is 276 g/mol. The van der Waals surface area contributed by atoms with Crippen LogP contribution in [0.1, 0.15) is 12.0 Å². The summed E-state index contributed by atoms with van der Waals surface area (Å²) in [6, 6.07) is 7.73. The standard InChI is InChI=1S/C14H24N2O3S/c1-16(9-11-20(2,17)18)8-3-10-19-14-6-4-13(12-15)5-7-14/h4-7H,3,8-12,15H2,1-2H3. The lowest BCUT2D eigenvalue weighted by atomic mass is 10.2. The van der Waals surface area contributed by atoms with Crippen molar-refractivity contribution in [3.63, 3.8) is 0 Å². The maximum absolute atomic E-state index is 11.0. The van der Waals surface area contributed by atoms with Crippen molar-refractivity contribution in [2.75, 3.05) is 38.8 Å². The molecular formula is C14H24N2O3S. The zero-order chi connectivity index (χ0) is 15.0. The van der Waals surface area contributed by atoms with Crippen molar-refractivity contribution < 1.29 is 13.2 Å². The Balaban J connectivity index is 2.17. The van der Waals surface area contributed by atoms with Crippen molar-refractivity contribution in [1.29, 1.82) is 0 Å². The fourth-order valence-corrected chi connectivity index (χ4v) is 2.32. The van der Waals surface area contributed by atoms with Gasteiger partial charge >= 0.3 is 0 Å². The van der Waals surface area contributed by atoms with Crippen molar-refractivity contribution in [2.45, 2.75) is 13.0 Å². The van der Waals surface area contributed by atoms with Crippen LogP contribution in [-0.4, -0.2) is 52.1 Å². The van der Waals surface area contributed by atoms with E-state index in [1.807, 2.05) is 36.2 Å². The number of sulfone groups is 1. The van der Waals surface area contributed by atoms with Crippen LogP contribution in [0.2, 0.25) is 0 Å². The van der Waals surface area contributed by atoms with Gasteiger partial charge in [-0.15, -0.1) is 0 Å². The molecule has 114 valence electrons. The molecule has 0 aliphatic rings. The SMILES string of the molecule is CN(CCCOc1ccc(CN)cc1)CCS(C)(=O)=O. The van der Waals surface area contributed by atoms with Gasteiger partial charge in [0.05, 0.1) is 12.4 Å². The summed E-state index contributed by atoms with van der Waals surface area (Å²) in [4.78, 5) is 2.00. The van der Waals surface area contributed by atoms with E-state index in [-0.39, 0.29) is 5.75 Å². The number of hydrogen-bond donors (Lipinski definition) is 1. The molecule has 1 aromatic carbocycles. The predicted molar refractivity (Wildman–Crippen MR) is 81.7 cm³/mol. The van der Waals surface area contributed by atoms with Crippen molar-refractivity contribution in [3.05, 3.63) is 29.8 Å². The fraction of sp³-hybridized carbons (Fsp3) is 0.571. The van der Waals surface area contributed by atoms with Gasteiger partial charge in [-0.3, -0.25) is 0 Å². The zero-order valence-corrected chi connectivity index (χ0v) is 13.0. The summed E-state index contributed by atoms with van der Waals surface area (Å²) in [5.41, 5.74) is 6.61. The summed E-state index contributed by atoms with van der Waals surface area (Å²) < 4.78 is 27.7. The third-order valence-electron chi connectivity index (χ3n) is 2.96. The van der Waals surface area contributed by atoms with Crippen molar-refractivity contribution in [3.8, 4) is 5.75 Å². The Morgan fingerprint density at radius 2 is 1.85 bits per heavy atom. The van der Waals surface area contributed by atoms with Gasteiger partial charge in [0.1, 0.15) is 15.6 Å². The van der Waals surface area contributed by atoms with Gasteiger partial charge in [0, 0.05) is 25.9 Å². The summed E-state index contributed by atoms with van der Waals surface area (Å²) in [5, 5.41) is 0. The Hall–Kier alpha value is -1.11. The molecule has 5 nitrogen and oxygen atoms in total. The minimum atomic E-state index is -2.88. The Morgan fingerprint density at radius 3 is 2.40 bits per heavy atom. The maximum atomic E-state index is 11.0. The first-order chi connectivity index (χ1) is 9.40. The highest BCUT2D eigenvalue weighted by molar-refractivity contribution is 7.90. The van der Waals surface area contributed by atoms with Gasteiger partial charge < -0.3 is 15.4 Å². The summed E-state index contributed by atoms with van der Waals surface area (Å²) in [7, 11) is -0.965. The van der Waals surface area contributed by atoms with Gasteiger partial charge in [-0.05, 0) is 31.2 Å². The minimum absolute atomic E-state index is 0.199. The molecule has 0 radical (unpaired) electrons. The van der Waals surface area contributed by atoms with E-state index in [0.717, 1.165) is 24.3 Å². The average Bonchev–Trinajstić information content (AvgIpc) is 2.41. The Bertz CT molecular complexity index is 486. The molecule has 20 heavy (non-hydrogen) atoms. The molecule has 0 spiro atoms. The van der Waals surface area contributed by atoms with E-state index < -0.39 is 9.84 Å². The summed E-state index contributed by atoms with van der Waals surface area (Å²) in [6.45, 7) is 2.52. The molecule has 0 aromatic heterocycles. The first-order valence-electron chi connectivity index (χ1n) is 6.69. The molecule has 6 heteroatoms. The predicted octanol–water partition coefficient (Wildman–Crippen LogP) is 0.891. The number of rotatable bonds is 9. The number of nitrogens with zero attached hydrogens (tertiary/aromatic N) is 1. The van der Waals surface area contributed by atoms with Gasteiger partial charge in [0.2, 0.25) is 0 Å². The van der Waals surface area contributed by atoms with Crippen LogP contribution in [0.25, 0.3) is 0 Å². The summed E-state index contributed by atoms with van der Waals surface area (Å²) in [6.07, 6.45) is 2.12. The van der Waals surface area contributed by atoms with E-state index in [2.05, 4.69) is 0 Å².